The highest BCUT2D eigenvalue weighted by Gasteiger charge is 2.20. The lowest BCUT2D eigenvalue weighted by atomic mass is 10.2. The van der Waals surface area contributed by atoms with Gasteiger partial charge in [0.1, 0.15) is 0 Å². The molecular weight excluding hydrogens is 228 g/mol. The van der Waals surface area contributed by atoms with Gasteiger partial charge in [0.15, 0.2) is 6.29 Å². The normalized spacial score (nSPS) is 13.7. The van der Waals surface area contributed by atoms with Crippen molar-refractivity contribution in [1.29, 1.82) is 0 Å². The molecule has 0 fully saturated rings. The second-order valence-electron chi connectivity index (χ2n) is 3.34. The van der Waals surface area contributed by atoms with Crippen LogP contribution >= 0.6 is 0 Å². The van der Waals surface area contributed by atoms with Crippen molar-refractivity contribution in [3.8, 4) is 0 Å². The van der Waals surface area contributed by atoms with E-state index in [1.807, 2.05) is 0 Å². The van der Waals surface area contributed by atoms with E-state index in [9.17, 15) is 8.42 Å². The number of benzene rings is 1. The van der Waals surface area contributed by atoms with Crippen molar-refractivity contribution < 1.29 is 17.3 Å². The SMILES string of the molecule is CCOC(C)OS(=O)(=O)c1ccccc1C. The Balaban J connectivity index is 2.91. The Labute approximate surface area is 96.3 Å². The average molecular weight is 244 g/mol. The minimum Gasteiger partial charge on any atom is -0.352 e. The monoisotopic (exact) mass is 244 g/mol. The lowest BCUT2D eigenvalue weighted by molar-refractivity contribution is -0.0572. The fraction of sp³-hybridized carbons (Fsp3) is 0.455. The van der Waals surface area contributed by atoms with Crippen molar-refractivity contribution in [3.63, 3.8) is 0 Å². The molecule has 90 valence electrons. The van der Waals surface area contributed by atoms with Gasteiger partial charge in [-0.15, -0.1) is 0 Å². The lowest BCUT2D eigenvalue weighted by Gasteiger charge is -2.13. The van der Waals surface area contributed by atoms with Crippen LogP contribution in [0.4, 0.5) is 0 Å². The minimum absolute atomic E-state index is 0.182. The van der Waals surface area contributed by atoms with Gasteiger partial charge in [-0.25, -0.2) is 4.18 Å². The summed E-state index contributed by atoms with van der Waals surface area (Å²) in [6.45, 7) is 5.46. The van der Waals surface area contributed by atoms with E-state index >= 15 is 0 Å². The summed E-state index contributed by atoms with van der Waals surface area (Å²) in [5, 5.41) is 0. The molecule has 0 aliphatic rings. The van der Waals surface area contributed by atoms with Crippen LogP contribution in [-0.2, 0) is 19.0 Å². The first-order valence-corrected chi connectivity index (χ1v) is 6.48. The number of hydrogen-bond donors (Lipinski definition) is 0. The molecule has 1 aromatic rings. The third-order valence-corrected chi connectivity index (χ3v) is 3.55. The van der Waals surface area contributed by atoms with E-state index in [0.717, 1.165) is 0 Å². The predicted octanol–water partition coefficient (Wildman–Crippen LogP) is 2.08. The fourth-order valence-electron chi connectivity index (χ4n) is 1.33. The summed E-state index contributed by atoms with van der Waals surface area (Å²) in [6.07, 6.45) is -0.769. The van der Waals surface area contributed by atoms with Crippen molar-refractivity contribution in [2.45, 2.75) is 32.0 Å². The van der Waals surface area contributed by atoms with Crippen LogP contribution in [0.5, 0.6) is 0 Å². The molecule has 0 spiro atoms. The first-order chi connectivity index (χ1) is 7.47. The Bertz CT molecular complexity index is 439. The van der Waals surface area contributed by atoms with E-state index in [1.165, 1.54) is 6.07 Å². The maximum Gasteiger partial charge on any atom is 0.299 e. The van der Waals surface area contributed by atoms with Gasteiger partial charge in [-0.1, -0.05) is 18.2 Å². The topological polar surface area (TPSA) is 52.6 Å². The summed E-state index contributed by atoms with van der Waals surface area (Å²) in [5.41, 5.74) is 0.659. The van der Waals surface area contributed by atoms with Gasteiger partial charge in [0.25, 0.3) is 10.1 Å². The highest BCUT2D eigenvalue weighted by molar-refractivity contribution is 7.86. The molecule has 4 nitrogen and oxygen atoms in total. The van der Waals surface area contributed by atoms with Gasteiger partial charge >= 0.3 is 0 Å². The molecular formula is C11H16O4S. The standard InChI is InChI=1S/C11H16O4S/c1-4-14-10(3)15-16(12,13)11-8-6-5-7-9(11)2/h5-8,10H,4H2,1-3H3. The van der Waals surface area contributed by atoms with Crippen LogP contribution in [-0.4, -0.2) is 21.3 Å². The van der Waals surface area contributed by atoms with Crippen molar-refractivity contribution in [2.24, 2.45) is 0 Å². The molecule has 0 aromatic heterocycles. The van der Waals surface area contributed by atoms with Crippen LogP contribution in [0.25, 0.3) is 0 Å². The molecule has 0 amide bonds. The van der Waals surface area contributed by atoms with E-state index in [4.69, 9.17) is 8.92 Å². The van der Waals surface area contributed by atoms with E-state index in [-0.39, 0.29) is 4.90 Å². The number of rotatable bonds is 5. The van der Waals surface area contributed by atoms with Gasteiger partial charge in [-0.3, -0.25) is 0 Å². The molecule has 16 heavy (non-hydrogen) atoms. The lowest BCUT2D eigenvalue weighted by Crippen LogP contribution is -2.19. The van der Waals surface area contributed by atoms with Crippen LogP contribution in [0.15, 0.2) is 29.2 Å². The van der Waals surface area contributed by atoms with Gasteiger partial charge in [-0.2, -0.15) is 8.42 Å². The van der Waals surface area contributed by atoms with Crippen LogP contribution in [0.3, 0.4) is 0 Å². The highest BCUT2D eigenvalue weighted by Crippen LogP contribution is 2.18. The average Bonchev–Trinajstić information content (AvgIpc) is 2.17. The predicted molar refractivity (Wildman–Crippen MR) is 60.5 cm³/mol. The molecule has 1 rings (SSSR count). The zero-order valence-corrected chi connectivity index (χ0v) is 10.5. The molecule has 0 saturated heterocycles. The van der Waals surface area contributed by atoms with Gasteiger partial charge in [0, 0.05) is 6.61 Å². The zero-order valence-electron chi connectivity index (χ0n) is 9.64. The molecule has 1 aromatic carbocycles. The Hall–Kier alpha value is -0.910. The maximum atomic E-state index is 11.8. The van der Waals surface area contributed by atoms with Crippen LogP contribution in [0, 0.1) is 6.92 Å². The molecule has 0 aliphatic heterocycles. The smallest absolute Gasteiger partial charge is 0.299 e. The molecule has 0 radical (unpaired) electrons. The molecule has 0 aliphatic carbocycles. The van der Waals surface area contributed by atoms with Gasteiger partial charge < -0.3 is 4.74 Å². The van der Waals surface area contributed by atoms with Crippen LogP contribution in [0.1, 0.15) is 19.4 Å². The maximum absolute atomic E-state index is 11.8. The largest absolute Gasteiger partial charge is 0.352 e. The molecule has 1 atom stereocenters. The summed E-state index contributed by atoms with van der Waals surface area (Å²) in [6, 6.07) is 6.68. The summed E-state index contributed by atoms with van der Waals surface area (Å²) in [4.78, 5) is 0.182. The van der Waals surface area contributed by atoms with E-state index < -0.39 is 16.4 Å². The fourth-order valence-corrected chi connectivity index (χ4v) is 2.55. The van der Waals surface area contributed by atoms with Gasteiger partial charge in [0.2, 0.25) is 0 Å². The first-order valence-electron chi connectivity index (χ1n) is 5.08. The highest BCUT2D eigenvalue weighted by atomic mass is 32.2. The molecule has 0 bridgehead atoms. The zero-order chi connectivity index (χ0) is 12.2. The third kappa shape index (κ3) is 3.30. The number of aryl methyl sites for hydroxylation is 1. The Morgan fingerprint density at radius 2 is 1.94 bits per heavy atom. The molecule has 1 unspecified atom stereocenters. The van der Waals surface area contributed by atoms with E-state index in [1.54, 1.807) is 39.0 Å². The van der Waals surface area contributed by atoms with E-state index in [2.05, 4.69) is 0 Å². The Morgan fingerprint density at radius 1 is 1.31 bits per heavy atom. The third-order valence-electron chi connectivity index (χ3n) is 2.03. The molecule has 0 heterocycles. The Kier molecular flexibility index (Phi) is 4.46. The number of ether oxygens (including phenoxy) is 1. The minimum atomic E-state index is -3.74. The second kappa shape index (κ2) is 5.43. The summed E-state index contributed by atoms with van der Waals surface area (Å²) < 4.78 is 33.6. The van der Waals surface area contributed by atoms with Crippen LogP contribution < -0.4 is 0 Å². The summed E-state index contributed by atoms with van der Waals surface area (Å²) in [7, 11) is -3.74. The van der Waals surface area contributed by atoms with E-state index in [0.29, 0.717) is 12.2 Å². The van der Waals surface area contributed by atoms with Crippen molar-refractivity contribution >= 4 is 10.1 Å². The van der Waals surface area contributed by atoms with Crippen LogP contribution in [0.2, 0.25) is 0 Å². The number of hydrogen-bond acceptors (Lipinski definition) is 4. The molecule has 5 heteroatoms. The van der Waals surface area contributed by atoms with Gasteiger partial charge in [-0.05, 0) is 32.4 Å². The Morgan fingerprint density at radius 3 is 2.50 bits per heavy atom. The first kappa shape index (κ1) is 13.2. The summed E-state index contributed by atoms with van der Waals surface area (Å²) >= 11 is 0. The van der Waals surface area contributed by atoms with Crippen molar-refractivity contribution in [1.82, 2.24) is 0 Å². The van der Waals surface area contributed by atoms with Crippen molar-refractivity contribution in [3.05, 3.63) is 29.8 Å². The molecule has 0 saturated carbocycles. The quantitative estimate of drug-likeness (QED) is 0.588. The molecule has 0 N–H and O–H groups in total. The summed E-state index contributed by atoms with van der Waals surface area (Å²) in [5.74, 6) is 0. The van der Waals surface area contributed by atoms with Gasteiger partial charge in [0.05, 0.1) is 4.90 Å². The second-order valence-corrected chi connectivity index (χ2v) is 4.88. The van der Waals surface area contributed by atoms with Crippen molar-refractivity contribution in [2.75, 3.05) is 6.61 Å².